The maximum atomic E-state index is 9.24. The summed E-state index contributed by atoms with van der Waals surface area (Å²) in [6.07, 6.45) is 5.15. The number of aliphatic hydroxyl groups excluding tert-OH is 2. The normalized spacial score (nSPS) is 17.8. The standard InChI is InChI=1S/C24H50O7/c1-19(26)8-14-27-21(3)10-16-29-23(5)12-18-31-24(6)11-17-30-22(4)9-15-28-20(2)7-13-25/h19-26H,7-18H2,1-6H3. The molecule has 7 heteroatoms. The fourth-order valence-electron chi connectivity index (χ4n) is 2.78. The van der Waals surface area contributed by atoms with Crippen molar-refractivity contribution >= 4 is 0 Å². The van der Waals surface area contributed by atoms with Crippen molar-refractivity contribution in [2.45, 2.75) is 117 Å². The van der Waals surface area contributed by atoms with E-state index in [1.54, 1.807) is 6.92 Å². The molecule has 0 radical (unpaired) electrons. The number of aliphatic hydroxyl groups is 2. The summed E-state index contributed by atoms with van der Waals surface area (Å²) in [6, 6.07) is 0. The van der Waals surface area contributed by atoms with Crippen LogP contribution in [0.25, 0.3) is 0 Å². The molecular formula is C24H50O7. The van der Waals surface area contributed by atoms with E-state index in [1.165, 1.54) is 0 Å². The average molecular weight is 451 g/mol. The zero-order valence-electron chi connectivity index (χ0n) is 20.9. The Morgan fingerprint density at radius 3 is 0.968 bits per heavy atom. The van der Waals surface area contributed by atoms with Crippen LogP contribution in [0.4, 0.5) is 0 Å². The van der Waals surface area contributed by atoms with E-state index >= 15 is 0 Å². The summed E-state index contributed by atoms with van der Waals surface area (Å²) >= 11 is 0. The van der Waals surface area contributed by atoms with Crippen LogP contribution in [0.2, 0.25) is 0 Å². The van der Waals surface area contributed by atoms with E-state index in [4.69, 9.17) is 28.8 Å². The average Bonchev–Trinajstić information content (AvgIpc) is 2.68. The second-order valence-electron chi connectivity index (χ2n) is 8.71. The molecule has 0 heterocycles. The van der Waals surface area contributed by atoms with Gasteiger partial charge in [0.2, 0.25) is 0 Å². The summed E-state index contributed by atoms with van der Waals surface area (Å²) in [6.45, 7) is 15.4. The molecule has 6 unspecified atom stereocenters. The number of rotatable bonds is 22. The van der Waals surface area contributed by atoms with Crippen LogP contribution in [0.15, 0.2) is 0 Å². The molecule has 0 saturated carbocycles. The molecule has 0 fully saturated rings. The Bertz CT molecular complexity index is 381. The smallest absolute Gasteiger partial charge is 0.0568 e. The topological polar surface area (TPSA) is 86.6 Å². The first kappa shape index (κ1) is 30.7. The van der Waals surface area contributed by atoms with Gasteiger partial charge in [-0.2, -0.15) is 0 Å². The lowest BCUT2D eigenvalue weighted by Gasteiger charge is -2.19. The van der Waals surface area contributed by atoms with Crippen LogP contribution in [-0.4, -0.2) is 86.5 Å². The van der Waals surface area contributed by atoms with Gasteiger partial charge in [0.25, 0.3) is 0 Å². The van der Waals surface area contributed by atoms with Gasteiger partial charge in [0.15, 0.2) is 0 Å². The lowest BCUT2D eigenvalue weighted by Crippen LogP contribution is -2.20. The Hall–Kier alpha value is -0.280. The SMILES string of the molecule is CC(O)CCOC(C)CCOC(C)CCOC(C)CCOC(C)CCOC(C)CCO. The number of hydrogen-bond donors (Lipinski definition) is 2. The molecule has 0 aromatic carbocycles. The van der Waals surface area contributed by atoms with Crippen molar-refractivity contribution in [3.63, 3.8) is 0 Å². The van der Waals surface area contributed by atoms with Gasteiger partial charge in [0, 0.05) is 39.6 Å². The highest BCUT2D eigenvalue weighted by atomic mass is 16.5. The van der Waals surface area contributed by atoms with E-state index in [1.807, 2.05) is 13.8 Å². The minimum absolute atomic E-state index is 0.0921. The van der Waals surface area contributed by atoms with Gasteiger partial charge in [-0.3, -0.25) is 0 Å². The minimum Gasteiger partial charge on any atom is -0.396 e. The summed E-state index contributed by atoms with van der Waals surface area (Å²) in [5.74, 6) is 0. The van der Waals surface area contributed by atoms with Gasteiger partial charge in [-0.1, -0.05) is 0 Å². The van der Waals surface area contributed by atoms with Crippen molar-refractivity contribution in [1.29, 1.82) is 0 Å². The summed E-state index contributed by atoms with van der Waals surface area (Å²) in [4.78, 5) is 0. The van der Waals surface area contributed by atoms with Crippen LogP contribution in [0.1, 0.15) is 80.1 Å². The molecule has 0 rings (SSSR count). The summed E-state index contributed by atoms with van der Waals surface area (Å²) < 4.78 is 28.8. The van der Waals surface area contributed by atoms with Gasteiger partial charge in [-0.05, 0) is 80.1 Å². The van der Waals surface area contributed by atoms with Crippen molar-refractivity contribution in [3.05, 3.63) is 0 Å². The van der Waals surface area contributed by atoms with Crippen molar-refractivity contribution in [3.8, 4) is 0 Å². The molecule has 0 aromatic rings. The van der Waals surface area contributed by atoms with Gasteiger partial charge in [0.05, 0.1) is 36.6 Å². The first-order chi connectivity index (χ1) is 14.7. The third kappa shape index (κ3) is 21.3. The Morgan fingerprint density at radius 2 is 0.710 bits per heavy atom. The highest BCUT2D eigenvalue weighted by Gasteiger charge is 2.10. The predicted molar refractivity (Wildman–Crippen MR) is 124 cm³/mol. The molecule has 0 bridgehead atoms. The van der Waals surface area contributed by atoms with Crippen molar-refractivity contribution in [2.75, 3.05) is 39.6 Å². The van der Waals surface area contributed by atoms with Crippen LogP contribution in [0.5, 0.6) is 0 Å². The molecule has 0 saturated heterocycles. The third-order valence-electron chi connectivity index (χ3n) is 5.18. The highest BCUT2D eigenvalue weighted by Crippen LogP contribution is 2.08. The molecule has 0 aromatic heterocycles. The molecule has 2 N–H and O–H groups in total. The second kappa shape index (κ2) is 20.3. The quantitative estimate of drug-likeness (QED) is 0.260. The highest BCUT2D eigenvalue weighted by molar-refractivity contribution is 4.57. The molecule has 0 aliphatic heterocycles. The Balaban J connectivity index is 3.59. The molecular weight excluding hydrogens is 400 g/mol. The maximum Gasteiger partial charge on any atom is 0.0568 e. The molecule has 31 heavy (non-hydrogen) atoms. The molecule has 7 nitrogen and oxygen atoms in total. The zero-order chi connectivity index (χ0) is 23.5. The zero-order valence-corrected chi connectivity index (χ0v) is 20.9. The van der Waals surface area contributed by atoms with Gasteiger partial charge in [-0.25, -0.2) is 0 Å². The van der Waals surface area contributed by atoms with Gasteiger partial charge in [-0.15, -0.1) is 0 Å². The Kier molecular flexibility index (Phi) is 20.2. The third-order valence-corrected chi connectivity index (χ3v) is 5.18. The van der Waals surface area contributed by atoms with E-state index < -0.39 is 0 Å². The van der Waals surface area contributed by atoms with E-state index in [9.17, 15) is 5.11 Å². The number of ether oxygens (including phenoxy) is 5. The molecule has 188 valence electrons. The van der Waals surface area contributed by atoms with Crippen molar-refractivity contribution < 1.29 is 33.9 Å². The van der Waals surface area contributed by atoms with Gasteiger partial charge in [0.1, 0.15) is 0 Å². The lowest BCUT2D eigenvalue weighted by molar-refractivity contribution is -0.0265. The first-order valence-corrected chi connectivity index (χ1v) is 12.1. The maximum absolute atomic E-state index is 9.24. The molecule has 0 amide bonds. The fourth-order valence-corrected chi connectivity index (χ4v) is 2.78. The van der Waals surface area contributed by atoms with Crippen LogP contribution in [-0.2, 0) is 23.7 Å². The van der Waals surface area contributed by atoms with E-state index in [2.05, 4.69) is 20.8 Å². The first-order valence-electron chi connectivity index (χ1n) is 12.1. The van der Waals surface area contributed by atoms with Crippen LogP contribution >= 0.6 is 0 Å². The second-order valence-corrected chi connectivity index (χ2v) is 8.71. The summed E-state index contributed by atoms with van der Waals surface area (Å²) in [5, 5.41) is 18.1. The fraction of sp³-hybridized carbons (Fsp3) is 1.00. The van der Waals surface area contributed by atoms with E-state index in [-0.39, 0.29) is 43.2 Å². The summed E-state index contributed by atoms with van der Waals surface area (Å²) in [5.41, 5.74) is 0. The van der Waals surface area contributed by atoms with Crippen LogP contribution < -0.4 is 0 Å². The molecule has 0 aliphatic rings. The Labute approximate surface area is 190 Å². The molecule has 0 aliphatic carbocycles. The lowest BCUT2D eigenvalue weighted by atomic mass is 10.2. The van der Waals surface area contributed by atoms with E-state index in [0.29, 0.717) is 45.9 Å². The number of hydrogen-bond acceptors (Lipinski definition) is 7. The monoisotopic (exact) mass is 450 g/mol. The largest absolute Gasteiger partial charge is 0.396 e. The molecule has 0 spiro atoms. The van der Waals surface area contributed by atoms with Crippen LogP contribution in [0, 0.1) is 0 Å². The minimum atomic E-state index is -0.313. The van der Waals surface area contributed by atoms with E-state index in [0.717, 1.165) is 25.7 Å². The van der Waals surface area contributed by atoms with Crippen LogP contribution in [0.3, 0.4) is 0 Å². The van der Waals surface area contributed by atoms with Gasteiger partial charge < -0.3 is 33.9 Å². The Morgan fingerprint density at radius 1 is 0.452 bits per heavy atom. The predicted octanol–water partition coefficient (Wildman–Crippen LogP) is 3.73. The van der Waals surface area contributed by atoms with Gasteiger partial charge >= 0.3 is 0 Å². The van der Waals surface area contributed by atoms with Crippen molar-refractivity contribution in [2.24, 2.45) is 0 Å². The summed E-state index contributed by atoms with van der Waals surface area (Å²) in [7, 11) is 0. The van der Waals surface area contributed by atoms with Crippen molar-refractivity contribution in [1.82, 2.24) is 0 Å². The molecule has 6 atom stereocenters.